The molecule has 3 saturated carbocycles. The number of rotatable bonds is 2. The zero-order valence-electron chi connectivity index (χ0n) is 15.2. The van der Waals surface area contributed by atoms with E-state index in [2.05, 4.69) is 13.8 Å². The molecule has 3 fully saturated rings. The summed E-state index contributed by atoms with van der Waals surface area (Å²) in [4.78, 5) is 11.9. The molecule has 4 rings (SSSR count). The summed E-state index contributed by atoms with van der Waals surface area (Å²) >= 11 is 0. The maximum Gasteiger partial charge on any atom is 0.155 e. The van der Waals surface area contributed by atoms with Gasteiger partial charge in [0.1, 0.15) is 0 Å². The van der Waals surface area contributed by atoms with E-state index in [0.29, 0.717) is 24.2 Å². The molecule has 3 heteroatoms. The van der Waals surface area contributed by atoms with Gasteiger partial charge >= 0.3 is 0 Å². The van der Waals surface area contributed by atoms with Crippen LogP contribution in [0.3, 0.4) is 0 Å². The highest BCUT2D eigenvalue weighted by Crippen LogP contribution is 2.67. The van der Waals surface area contributed by atoms with E-state index in [1.54, 1.807) is 0 Å². The van der Waals surface area contributed by atoms with Crippen LogP contribution in [0.1, 0.15) is 71.6 Å². The minimum absolute atomic E-state index is 0.0330. The first-order valence-corrected chi connectivity index (χ1v) is 9.97. The maximum absolute atomic E-state index is 11.9. The molecular weight excluding hydrogens is 300 g/mol. The summed E-state index contributed by atoms with van der Waals surface area (Å²) in [7, 11) is 0. The molecule has 4 aliphatic carbocycles. The van der Waals surface area contributed by atoms with Crippen LogP contribution in [-0.4, -0.2) is 28.2 Å². The van der Waals surface area contributed by atoms with Crippen molar-refractivity contribution in [1.82, 2.24) is 0 Å². The average molecular weight is 332 g/mol. The van der Waals surface area contributed by atoms with E-state index in [4.69, 9.17) is 0 Å². The Bertz CT molecular complexity index is 582. The monoisotopic (exact) mass is 332 g/mol. The fraction of sp³-hybridized carbons (Fsp3) is 0.857. The van der Waals surface area contributed by atoms with Gasteiger partial charge in [-0.2, -0.15) is 0 Å². The van der Waals surface area contributed by atoms with Crippen LogP contribution in [0.25, 0.3) is 0 Å². The van der Waals surface area contributed by atoms with Gasteiger partial charge in [0, 0.05) is 11.8 Å². The Labute approximate surface area is 145 Å². The van der Waals surface area contributed by atoms with Crippen molar-refractivity contribution in [1.29, 1.82) is 0 Å². The van der Waals surface area contributed by atoms with E-state index in [-0.39, 0.29) is 23.2 Å². The van der Waals surface area contributed by atoms with Crippen LogP contribution in [0.2, 0.25) is 0 Å². The van der Waals surface area contributed by atoms with Gasteiger partial charge in [-0.05, 0) is 80.6 Å². The van der Waals surface area contributed by atoms with E-state index in [0.717, 1.165) is 51.4 Å². The van der Waals surface area contributed by atoms with E-state index in [1.807, 2.05) is 6.08 Å². The minimum Gasteiger partial charge on any atom is -0.395 e. The number of carbonyl (C=O) groups excluding carboxylic acids is 1. The molecule has 2 N–H and O–H groups in total. The Morgan fingerprint density at radius 2 is 1.88 bits per heavy atom. The van der Waals surface area contributed by atoms with Gasteiger partial charge in [0.2, 0.25) is 0 Å². The summed E-state index contributed by atoms with van der Waals surface area (Å²) in [5.41, 5.74) is 0.610. The lowest BCUT2D eigenvalue weighted by Gasteiger charge is -2.59. The van der Waals surface area contributed by atoms with Crippen LogP contribution in [0.15, 0.2) is 11.6 Å². The molecule has 0 aromatic rings. The number of ketones is 1. The smallest absolute Gasteiger partial charge is 0.155 e. The number of fused-ring (bicyclic) bond motifs is 5. The Balaban J connectivity index is 1.71. The number of aliphatic hydroxyl groups is 2. The molecule has 0 aliphatic heterocycles. The van der Waals surface area contributed by atoms with Crippen molar-refractivity contribution in [2.24, 2.45) is 28.6 Å². The lowest BCUT2D eigenvalue weighted by molar-refractivity contribution is -0.137. The second-order valence-electron chi connectivity index (χ2n) is 9.25. The van der Waals surface area contributed by atoms with E-state index >= 15 is 0 Å². The first-order valence-electron chi connectivity index (χ1n) is 9.97. The highest BCUT2D eigenvalue weighted by atomic mass is 16.3. The molecule has 6 atom stereocenters. The van der Waals surface area contributed by atoms with E-state index in [1.165, 1.54) is 5.57 Å². The van der Waals surface area contributed by atoms with Gasteiger partial charge in [0.05, 0.1) is 12.2 Å². The van der Waals surface area contributed by atoms with Crippen molar-refractivity contribution < 1.29 is 15.0 Å². The first-order chi connectivity index (χ1) is 11.4. The van der Waals surface area contributed by atoms with Gasteiger partial charge in [-0.1, -0.05) is 19.4 Å². The summed E-state index contributed by atoms with van der Waals surface area (Å²) < 4.78 is 0. The summed E-state index contributed by atoms with van der Waals surface area (Å²) in [6.45, 7) is 4.64. The lowest BCUT2D eigenvalue weighted by atomic mass is 9.46. The number of hydrogen-bond acceptors (Lipinski definition) is 3. The van der Waals surface area contributed by atoms with Gasteiger partial charge < -0.3 is 10.2 Å². The Morgan fingerprint density at radius 1 is 1.12 bits per heavy atom. The number of hydrogen-bond donors (Lipinski definition) is 2. The molecule has 0 saturated heterocycles. The lowest BCUT2D eigenvalue weighted by Crippen LogP contribution is -2.56. The van der Waals surface area contributed by atoms with E-state index in [9.17, 15) is 15.0 Å². The number of aliphatic hydroxyl groups excluding tert-OH is 1. The molecule has 4 aliphatic rings. The van der Waals surface area contributed by atoms with Gasteiger partial charge in [-0.15, -0.1) is 0 Å². The molecule has 0 bridgehead atoms. The average Bonchev–Trinajstić information content (AvgIpc) is 2.86. The largest absolute Gasteiger partial charge is 0.395 e. The van der Waals surface area contributed by atoms with Crippen molar-refractivity contribution in [3.63, 3.8) is 0 Å². The minimum atomic E-state index is -0.506. The third-order valence-corrected chi connectivity index (χ3v) is 8.87. The molecule has 0 radical (unpaired) electrons. The fourth-order valence-electron chi connectivity index (χ4n) is 7.35. The molecule has 0 heterocycles. The summed E-state index contributed by atoms with van der Waals surface area (Å²) in [6, 6.07) is 0. The standard InChI is InChI=1S/C21H32O3/c1-3-21(24)11-8-17-16-5-4-14-12-15(23)6-10-20(14,13-22)18(16)7-9-19(17,21)2/h12,16-18,22,24H,3-11,13H2,1-2H3/t16-,17-,18-,19-,20+,21-/m0/s1. The SMILES string of the molecule is CC[C@]1(O)CC[C@H]2[C@@H]3CCC4=CC(=O)CC[C@]4(CO)[C@H]3CC[C@@]21C. The molecule has 24 heavy (non-hydrogen) atoms. The van der Waals surface area contributed by atoms with Crippen molar-refractivity contribution in [2.75, 3.05) is 6.61 Å². The third-order valence-electron chi connectivity index (χ3n) is 8.87. The Morgan fingerprint density at radius 3 is 2.58 bits per heavy atom. The third kappa shape index (κ3) is 1.94. The number of carbonyl (C=O) groups is 1. The summed E-state index contributed by atoms with van der Waals surface area (Å²) in [5.74, 6) is 1.91. The molecule has 0 aromatic carbocycles. The summed E-state index contributed by atoms with van der Waals surface area (Å²) in [5, 5.41) is 21.6. The van der Waals surface area contributed by atoms with Crippen molar-refractivity contribution in [3.8, 4) is 0 Å². The van der Waals surface area contributed by atoms with Crippen LogP contribution in [0.5, 0.6) is 0 Å². The normalized spacial score (nSPS) is 50.8. The first kappa shape index (κ1) is 16.8. The molecule has 0 unspecified atom stereocenters. The summed E-state index contributed by atoms with van der Waals surface area (Å²) in [6.07, 6.45) is 10.4. The molecular formula is C21H32O3. The fourth-order valence-corrected chi connectivity index (χ4v) is 7.35. The molecule has 0 amide bonds. The van der Waals surface area contributed by atoms with Crippen LogP contribution < -0.4 is 0 Å². The Hall–Kier alpha value is -0.670. The highest BCUT2D eigenvalue weighted by Gasteiger charge is 2.63. The van der Waals surface area contributed by atoms with Gasteiger partial charge in [-0.25, -0.2) is 0 Å². The second-order valence-corrected chi connectivity index (χ2v) is 9.25. The molecule has 134 valence electrons. The van der Waals surface area contributed by atoms with Crippen LogP contribution >= 0.6 is 0 Å². The molecule has 0 aromatic heterocycles. The van der Waals surface area contributed by atoms with Crippen LogP contribution in [0, 0.1) is 28.6 Å². The highest BCUT2D eigenvalue weighted by molar-refractivity contribution is 5.91. The van der Waals surface area contributed by atoms with Gasteiger partial charge in [0.15, 0.2) is 5.78 Å². The van der Waals surface area contributed by atoms with Crippen molar-refractivity contribution in [3.05, 3.63) is 11.6 Å². The van der Waals surface area contributed by atoms with Crippen LogP contribution in [-0.2, 0) is 4.79 Å². The van der Waals surface area contributed by atoms with Crippen LogP contribution in [0.4, 0.5) is 0 Å². The molecule has 3 nitrogen and oxygen atoms in total. The predicted molar refractivity (Wildman–Crippen MR) is 93.4 cm³/mol. The van der Waals surface area contributed by atoms with Gasteiger partial charge in [-0.3, -0.25) is 4.79 Å². The Kier molecular flexibility index (Phi) is 3.78. The second kappa shape index (κ2) is 5.41. The maximum atomic E-state index is 11.9. The zero-order chi connectivity index (χ0) is 17.2. The predicted octanol–water partition coefficient (Wildman–Crippen LogP) is 3.63. The topological polar surface area (TPSA) is 57.5 Å². The van der Waals surface area contributed by atoms with Gasteiger partial charge in [0.25, 0.3) is 0 Å². The van der Waals surface area contributed by atoms with Crippen molar-refractivity contribution in [2.45, 2.75) is 77.2 Å². The zero-order valence-corrected chi connectivity index (χ0v) is 15.2. The quantitative estimate of drug-likeness (QED) is 0.812. The van der Waals surface area contributed by atoms with Crippen molar-refractivity contribution >= 4 is 5.78 Å². The molecule has 0 spiro atoms. The van der Waals surface area contributed by atoms with E-state index < -0.39 is 5.60 Å².